The van der Waals surface area contributed by atoms with Crippen LogP contribution in [0, 0.1) is 5.92 Å². The number of carbonyl (C=O) groups is 1. The van der Waals surface area contributed by atoms with Gasteiger partial charge in [0, 0.05) is 11.6 Å². The first-order chi connectivity index (χ1) is 8.78. The van der Waals surface area contributed by atoms with Gasteiger partial charge in [-0.2, -0.15) is 8.78 Å². The molecule has 0 aliphatic carbocycles. The van der Waals surface area contributed by atoms with E-state index in [4.69, 9.17) is 0 Å². The average Bonchev–Trinajstić information content (AvgIpc) is 2.38. The van der Waals surface area contributed by atoms with Crippen molar-refractivity contribution in [2.24, 2.45) is 5.92 Å². The Bertz CT molecular complexity index is 541. The first-order valence-corrected chi connectivity index (χ1v) is 7.26. The molecule has 0 fully saturated rings. The molecule has 0 saturated carbocycles. The molecular weight excluding hydrogens is 276 g/mol. The summed E-state index contributed by atoms with van der Waals surface area (Å²) in [5, 5.41) is 2.58. The van der Waals surface area contributed by atoms with Crippen molar-refractivity contribution < 1.29 is 22.0 Å². The molecule has 0 spiro atoms. The van der Waals surface area contributed by atoms with Crippen LogP contribution in [0.2, 0.25) is 0 Å². The molecule has 0 radical (unpaired) electrons. The summed E-state index contributed by atoms with van der Waals surface area (Å²) in [5.41, 5.74) is 0.374. The van der Waals surface area contributed by atoms with Gasteiger partial charge in [-0.3, -0.25) is 4.79 Å². The second-order valence-electron chi connectivity index (χ2n) is 4.13. The molecule has 1 N–H and O–H groups in total. The highest BCUT2D eigenvalue weighted by molar-refractivity contribution is 7.91. The lowest BCUT2D eigenvalue weighted by Gasteiger charge is -2.10. The number of benzene rings is 1. The Morgan fingerprint density at radius 3 is 2.21 bits per heavy atom. The van der Waals surface area contributed by atoms with Gasteiger partial charge in [-0.05, 0) is 30.7 Å². The summed E-state index contributed by atoms with van der Waals surface area (Å²) in [5.74, 6) is -3.83. The van der Waals surface area contributed by atoms with Gasteiger partial charge < -0.3 is 5.32 Å². The molecule has 106 valence electrons. The van der Waals surface area contributed by atoms with Crippen molar-refractivity contribution >= 4 is 21.4 Å². The highest BCUT2D eigenvalue weighted by atomic mass is 32.2. The maximum absolute atomic E-state index is 12.3. The molecule has 1 aromatic rings. The van der Waals surface area contributed by atoms with Gasteiger partial charge in [-0.1, -0.05) is 13.8 Å². The van der Waals surface area contributed by atoms with E-state index in [1.165, 1.54) is 12.1 Å². The van der Waals surface area contributed by atoms with Crippen LogP contribution in [-0.4, -0.2) is 20.1 Å². The molecule has 4 nitrogen and oxygen atoms in total. The summed E-state index contributed by atoms with van der Waals surface area (Å²) < 4.78 is 47.0. The highest BCUT2D eigenvalue weighted by Crippen LogP contribution is 2.20. The van der Waals surface area contributed by atoms with Crippen molar-refractivity contribution in [2.75, 3.05) is 5.32 Å². The van der Waals surface area contributed by atoms with Crippen LogP contribution < -0.4 is 5.32 Å². The van der Waals surface area contributed by atoms with Gasteiger partial charge in [0.1, 0.15) is 0 Å². The Morgan fingerprint density at radius 1 is 1.26 bits per heavy atom. The Labute approximate surface area is 110 Å². The van der Waals surface area contributed by atoms with Crippen LogP contribution in [0.1, 0.15) is 20.3 Å². The third-order valence-electron chi connectivity index (χ3n) is 2.74. The summed E-state index contributed by atoms with van der Waals surface area (Å²) in [6.07, 6.45) is 0.670. The molecular formula is C12H15F2NO3S. The van der Waals surface area contributed by atoms with Gasteiger partial charge in [0.15, 0.2) is 0 Å². The van der Waals surface area contributed by atoms with Crippen LogP contribution in [0.15, 0.2) is 29.2 Å². The van der Waals surface area contributed by atoms with E-state index in [9.17, 15) is 22.0 Å². The maximum Gasteiger partial charge on any atom is 0.341 e. The van der Waals surface area contributed by atoms with Crippen molar-refractivity contribution in [3.63, 3.8) is 0 Å². The SMILES string of the molecule is CCC(C)C(=O)Nc1ccc(S(=O)(=O)C(F)F)cc1. The van der Waals surface area contributed by atoms with Crippen molar-refractivity contribution in [3.8, 4) is 0 Å². The Morgan fingerprint density at radius 2 is 1.79 bits per heavy atom. The molecule has 1 atom stereocenters. The van der Waals surface area contributed by atoms with E-state index < -0.39 is 20.5 Å². The number of nitrogens with one attached hydrogen (secondary N) is 1. The van der Waals surface area contributed by atoms with Gasteiger partial charge in [-0.15, -0.1) is 0 Å². The normalized spacial score (nSPS) is 13.3. The molecule has 0 bridgehead atoms. The molecule has 7 heteroatoms. The molecule has 1 rings (SSSR count). The number of hydrogen-bond donors (Lipinski definition) is 1. The van der Waals surface area contributed by atoms with Crippen molar-refractivity contribution in [3.05, 3.63) is 24.3 Å². The minimum Gasteiger partial charge on any atom is -0.326 e. The third kappa shape index (κ3) is 3.73. The van der Waals surface area contributed by atoms with Crippen LogP contribution in [0.25, 0.3) is 0 Å². The molecule has 0 heterocycles. The van der Waals surface area contributed by atoms with E-state index in [1.54, 1.807) is 6.92 Å². The fraction of sp³-hybridized carbons (Fsp3) is 0.417. The summed E-state index contributed by atoms with van der Waals surface area (Å²) in [6.45, 7) is 3.62. The smallest absolute Gasteiger partial charge is 0.326 e. The Kier molecular flexibility index (Phi) is 4.99. The topological polar surface area (TPSA) is 63.2 Å². The van der Waals surface area contributed by atoms with Crippen molar-refractivity contribution in [1.82, 2.24) is 0 Å². The minimum atomic E-state index is -4.59. The predicted octanol–water partition coefficient (Wildman–Crippen LogP) is 2.67. The zero-order valence-electron chi connectivity index (χ0n) is 10.6. The van der Waals surface area contributed by atoms with E-state index in [0.717, 1.165) is 12.1 Å². The lowest BCUT2D eigenvalue weighted by molar-refractivity contribution is -0.119. The van der Waals surface area contributed by atoms with Crippen LogP contribution in [0.5, 0.6) is 0 Å². The lowest BCUT2D eigenvalue weighted by Crippen LogP contribution is -2.19. The van der Waals surface area contributed by atoms with Crippen LogP contribution in [-0.2, 0) is 14.6 Å². The molecule has 1 amide bonds. The highest BCUT2D eigenvalue weighted by Gasteiger charge is 2.26. The number of carbonyl (C=O) groups excluding carboxylic acids is 1. The first kappa shape index (κ1) is 15.6. The molecule has 0 aromatic heterocycles. The second-order valence-corrected chi connectivity index (χ2v) is 6.05. The van der Waals surface area contributed by atoms with Crippen LogP contribution in [0.3, 0.4) is 0 Å². The number of hydrogen-bond acceptors (Lipinski definition) is 3. The van der Waals surface area contributed by atoms with Gasteiger partial charge in [-0.25, -0.2) is 8.42 Å². The predicted molar refractivity (Wildman–Crippen MR) is 67.7 cm³/mol. The number of amides is 1. The van der Waals surface area contributed by atoms with E-state index in [-0.39, 0.29) is 11.8 Å². The molecule has 19 heavy (non-hydrogen) atoms. The van der Waals surface area contributed by atoms with Crippen LogP contribution >= 0.6 is 0 Å². The Hall–Kier alpha value is -1.50. The second kappa shape index (κ2) is 6.10. The van der Waals surface area contributed by atoms with Crippen LogP contribution in [0.4, 0.5) is 14.5 Å². The molecule has 1 aromatic carbocycles. The summed E-state index contributed by atoms with van der Waals surface area (Å²) in [6, 6.07) is 4.67. The zero-order chi connectivity index (χ0) is 14.6. The molecule has 0 aliphatic heterocycles. The van der Waals surface area contributed by atoms with Crippen molar-refractivity contribution in [2.45, 2.75) is 30.9 Å². The van der Waals surface area contributed by atoms with E-state index >= 15 is 0 Å². The summed E-state index contributed by atoms with van der Waals surface area (Å²) in [4.78, 5) is 11.1. The summed E-state index contributed by atoms with van der Waals surface area (Å²) in [7, 11) is -4.59. The molecule has 0 aliphatic rings. The molecule has 0 saturated heterocycles. The maximum atomic E-state index is 12.3. The number of halogens is 2. The quantitative estimate of drug-likeness (QED) is 0.907. The fourth-order valence-electron chi connectivity index (χ4n) is 1.28. The number of anilines is 1. The van der Waals surface area contributed by atoms with E-state index in [0.29, 0.717) is 12.1 Å². The van der Waals surface area contributed by atoms with Gasteiger partial charge in [0.25, 0.3) is 0 Å². The zero-order valence-corrected chi connectivity index (χ0v) is 11.4. The summed E-state index contributed by atoms with van der Waals surface area (Å²) >= 11 is 0. The van der Waals surface area contributed by atoms with E-state index in [2.05, 4.69) is 5.32 Å². The Balaban J connectivity index is 2.86. The number of alkyl halides is 2. The van der Waals surface area contributed by atoms with Gasteiger partial charge in [0.2, 0.25) is 15.7 Å². The van der Waals surface area contributed by atoms with Gasteiger partial charge in [0.05, 0.1) is 4.90 Å². The minimum absolute atomic E-state index is 0.176. The van der Waals surface area contributed by atoms with Crippen molar-refractivity contribution in [1.29, 1.82) is 0 Å². The number of sulfone groups is 1. The van der Waals surface area contributed by atoms with Gasteiger partial charge >= 0.3 is 5.76 Å². The largest absolute Gasteiger partial charge is 0.341 e. The molecule has 1 unspecified atom stereocenters. The first-order valence-electron chi connectivity index (χ1n) is 5.72. The fourth-order valence-corrected chi connectivity index (χ4v) is 2.00. The third-order valence-corrected chi connectivity index (χ3v) is 4.14. The average molecular weight is 291 g/mol. The standard InChI is InChI=1S/C12H15F2NO3S/c1-3-8(2)11(16)15-9-4-6-10(7-5-9)19(17,18)12(13)14/h4-8,12H,3H2,1-2H3,(H,15,16). The van der Waals surface area contributed by atoms with E-state index in [1.807, 2.05) is 6.92 Å². The number of rotatable bonds is 5. The monoisotopic (exact) mass is 291 g/mol. The lowest BCUT2D eigenvalue weighted by atomic mass is 10.1.